The molecule has 1 aromatic heterocycles. The van der Waals surface area contributed by atoms with E-state index in [0.717, 1.165) is 62.0 Å². The van der Waals surface area contributed by atoms with Crippen LogP contribution in [0, 0.1) is 5.92 Å². The van der Waals surface area contributed by atoms with Crippen molar-refractivity contribution in [1.29, 1.82) is 0 Å². The van der Waals surface area contributed by atoms with Crippen LogP contribution in [-0.2, 0) is 6.42 Å². The number of aromatic nitrogens is 2. The number of nitrogens with zero attached hydrogens (tertiary/aromatic N) is 3. The summed E-state index contributed by atoms with van der Waals surface area (Å²) in [6.07, 6.45) is 5.79. The number of hydrogen-bond acceptors (Lipinski definition) is 5. The zero-order chi connectivity index (χ0) is 17.5. The number of hydrogen-bond donors (Lipinski definition) is 2. The number of halogens is 1. The number of anilines is 2. The van der Waals surface area contributed by atoms with Gasteiger partial charge in [-0.3, -0.25) is 0 Å². The Morgan fingerprint density at radius 2 is 2.20 bits per heavy atom. The lowest BCUT2D eigenvalue weighted by Crippen LogP contribution is -2.37. The molecule has 1 fully saturated rings. The summed E-state index contributed by atoms with van der Waals surface area (Å²) >= 11 is 6.01. The molecule has 0 amide bonds. The Morgan fingerprint density at radius 3 is 3.04 bits per heavy atom. The van der Waals surface area contributed by atoms with E-state index in [4.69, 9.17) is 11.6 Å². The fourth-order valence-electron chi connectivity index (χ4n) is 3.24. The molecule has 1 aromatic carbocycles. The van der Waals surface area contributed by atoms with E-state index in [1.54, 1.807) is 6.33 Å². The first-order valence-corrected chi connectivity index (χ1v) is 9.28. The highest BCUT2D eigenvalue weighted by atomic mass is 35.5. The molecule has 134 valence electrons. The lowest BCUT2D eigenvalue weighted by atomic mass is 9.99. The number of nitrogens with one attached hydrogen (secondary N) is 1. The number of rotatable bonds is 7. The maximum Gasteiger partial charge on any atom is 0.134 e. The largest absolute Gasteiger partial charge is 0.396 e. The zero-order valence-electron chi connectivity index (χ0n) is 14.4. The molecule has 1 saturated heterocycles. The van der Waals surface area contributed by atoms with Crippen LogP contribution in [0.2, 0.25) is 5.02 Å². The first-order valence-electron chi connectivity index (χ1n) is 8.91. The Balaban J connectivity index is 1.50. The topological polar surface area (TPSA) is 61.3 Å². The van der Waals surface area contributed by atoms with Gasteiger partial charge in [-0.25, -0.2) is 9.97 Å². The molecule has 1 atom stereocenters. The molecule has 1 aliphatic rings. The third-order valence-electron chi connectivity index (χ3n) is 4.59. The Labute approximate surface area is 154 Å². The van der Waals surface area contributed by atoms with Crippen molar-refractivity contribution in [1.82, 2.24) is 9.97 Å². The summed E-state index contributed by atoms with van der Waals surface area (Å²) < 4.78 is 0. The van der Waals surface area contributed by atoms with Gasteiger partial charge in [0.25, 0.3) is 0 Å². The number of aliphatic hydroxyl groups is 1. The Hall–Kier alpha value is -1.85. The molecule has 3 rings (SSSR count). The van der Waals surface area contributed by atoms with Gasteiger partial charge in [-0.15, -0.1) is 0 Å². The summed E-state index contributed by atoms with van der Waals surface area (Å²) in [5.74, 6) is 2.13. The number of aryl methyl sites for hydroxylation is 1. The van der Waals surface area contributed by atoms with Crippen LogP contribution >= 0.6 is 11.6 Å². The third kappa shape index (κ3) is 5.31. The highest BCUT2D eigenvalue weighted by molar-refractivity contribution is 6.30. The molecule has 0 saturated carbocycles. The number of benzene rings is 1. The molecule has 0 radical (unpaired) electrons. The van der Waals surface area contributed by atoms with Crippen LogP contribution in [0.15, 0.2) is 36.7 Å². The lowest BCUT2D eigenvalue weighted by molar-refractivity contribution is 0.208. The fourth-order valence-corrected chi connectivity index (χ4v) is 3.45. The molecule has 1 unspecified atom stereocenters. The van der Waals surface area contributed by atoms with E-state index < -0.39 is 0 Å². The number of aliphatic hydroxyl groups excluding tert-OH is 1. The average Bonchev–Trinajstić information content (AvgIpc) is 2.66. The molecule has 6 heteroatoms. The monoisotopic (exact) mass is 360 g/mol. The van der Waals surface area contributed by atoms with Gasteiger partial charge < -0.3 is 15.3 Å². The zero-order valence-corrected chi connectivity index (χ0v) is 15.1. The second kappa shape index (κ2) is 9.02. The second-order valence-corrected chi connectivity index (χ2v) is 6.99. The van der Waals surface area contributed by atoms with Crippen LogP contribution in [0.3, 0.4) is 0 Å². The molecule has 25 heavy (non-hydrogen) atoms. The average molecular weight is 361 g/mol. The van der Waals surface area contributed by atoms with Crippen LogP contribution in [0.4, 0.5) is 11.6 Å². The lowest BCUT2D eigenvalue weighted by Gasteiger charge is -2.32. The SMILES string of the molecule is OCC1CCCN(c2cc(NCCCc3cccc(Cl)c3)ncn2)C1. The summed E-state index contributed by atoms with van der Waals surface area (Å²) in [6.45, 7) is 2.95. The van der Waals surface area contributed by atoms with Crippen LogP contribution < -0.4 is 10.2 Å². The van der Waals surface area contributed by atoms with Crippen molar-refractivity contribution in [3.05, 3.63) is 47.2 Å². The van der Waals surface area contributed by atoms with Crippen molar-refractivity contribution in [3.8, 4) is 0 Å². The molecule has 0 spiro atoms. The maximum absolute atomic E-state index is 9.38. The van der Waals surface area contributed by atoms with Crippen LogP contribution in [0.25, 0.3) is 0 Å². The molecule has 5 nitrogen and oxygen atoms in total. The molecule has 0 aliphatic carbocycles. The summed E-state index contributed by atoms with van der Waals surface area (Å²) in [5.41, 5.74) is 1.25. The molecular formula is C19H25ClN4O. The highest BCUT2D eigenvalue weighted by Gasteiger charge is 2.20. The van der Waals surface area contributed by atoms with Crippen molar-refractivity contribution >= 4 is 23.2 Å². The van der Waals surface area contributed by atoms with E-state index in [-0.39, 0.29) is 6.61 Å². The van der Waals surface area contributed by atoms with Crippen molar-refractivity contribution in [3.63, 3.8) is 0 Å². The minimum atomic E-state index is 0.246. The smallest absolute Gasteiger partial charge is 0.134 e. The fraction of sp³-hybridized carbons (Fsp3) is 0.474. The summed E-state index contributed by atoms with van der Waals surface area (Å²) in [6, 6.07) is 9.99. The minimum Gasteiger partial charge on any atom is -0.396 e. The summed E-state index contributed by atoms with van der Waals surface area (Å²) in [4.78, 5) is 10.9. The predicted octanol–water partition coefficient (Wildman–Crippen LogP) is 3.38. The number of piperidine rings is 1. The Morgan fingerprint density at radius 1 is 1.28 bits per heavy atom. The standard InChI is InChI=1S/C19H25ClN4O/c20-17-7-1-4-15(10-17)5-2-8-21-18-11-19(23-14-22-18)24-9-3-6-16(12-24)13-25/h1,4,7,10-11,14,16,25H,2-3,5-6,8-9,12-13H2,(H,21,22,23). The van der Waals surface area contributed by atoms with Gasteiger partial charge in [-0.05, 0) is 49.3 Å². The van der Waals surface area contributed by atoms with Gasteiger partial charge in [0.1, 0.15) is 18.0 Å². The van der Waals surface area contributed by atoms with E-state index in [0.29, 0.717) is 5.92 Å². The van der Waals surface area contributed by atoms with Crippen molar-refractivity contribution in [2.24, 2.45) is 5.92 Å². The molecular weight excluding hydrogens is 336 g/mol. The molecule has 1 aliphatic heterocycles. The van der Waals surface area contributed by atoms with Gasteiger partial charge in [-0.2, -0.15) is 0 Å². The van der Waals surface area contributed by atoms with E-state index in [9.17, 15) is 5.11 Å². The van der Waals surface area contributed by atoms with E-state index in [2.05, 4.69) is 26.3 Å². The Kier molecular flexibility index (Phi) is 6.48. The first-order chi connectivity index (χ1) is 12.2. The van der Waals surface area contributed by atoms with Crippen molar-refractivity contribution in [2.75, 3.05) is 36.5 Å². The van der Waals surface area contributed by atoms with Gasteiger partial charge in [-0.1, -0.05) is 23.7 Å². The van der Waals surface area contributed by atoms with Gasteiger partial charge in [0.05, 0.1) is 0 Å². The normalized spacial score (nSPS) is 17.5. The third-order valence-corrected chi connectivity index (χ3v) is 4.83. The quantitative estimate of drug-likeness (QED) is 0.741. The van der Waals surface area contributed by atoms with Crippen LogP contribution in [0.1, 0.15) is 24.8 Å². The van der Waals surface area contributed by atoms with E-state index in [1.165, 1.54) is 5.56 Å². The minimum absolute atomic E-state index is 0.246. The van der Waals surface area contributed by atoms with Crippen LogP contribution in [0.5, 0.6) is 0 Å². The van der Waals surface area contributed by atoms with Crippen molar-refractivity contribution < 1.29 is 5.11 Å². The first kappa shape index (κ1) is 18.0. The highest BCUT2D eigenvalue weighted by Crippen LogP contribution is 2.22. The summed E-state index contributed by atoms with van der Waals surface area (Å²) in [7, 11) is 0. The van der Waals surface area contributed by atoms with Crippen LogP contribution in [-0.4, -0.2) is 41.3 Å². The Bertz CT molecular complexity index is 682. The van der Waals surface area contributed by atoms with E-state index >= 15 is 0 Å². The van der Waals surface area contributed by atoms with Gasteiger partial charge in [0.2, 0.25) is 0 Å². The van der Waals surface area contributed by atoms with Crippen molar-refractivity contribution in [2.45, 2.75) is 25.7 Å². The van der Waals surface area contributed by atoms with E-state index in [1.807, 2.05) is 24.3 Å². The predicted molar refractivity (Wildman–Crippen MR) is 102 cm³/mol. The summed E-state index contributed by atoms with van der Waals surface area (Å²) in [5, 5.41) is 13.5. The van der Waals surface area contributed by atoms with Gasteiger partial charge in [0, 0.05) is 37.3 Å². The molecule has 2 aromatic rings. The maximum atomic E-state index is 9.38. The molecule has 2 N–H and O–H groups in total. The van der Waals surface area contributed by atoms with Gasteiger partial charge >= 0.3 is 0 Å². The molecule has 2 heterocycles. The molecule has 0 bridgehead atoms. The second-order valence-electron chi connectivity index (χ2n) is 6.56. The van der Waals surface area contributed by atoms with Gasteiger partial charge in [0.15, 0.2) is 0 Å².